The molecule has 1 aromatic heterocycles. The second-order valence-electron chi connectivity index (χ2n) is 9.12. The maximum Gasteiger partial charge on any atom is 0.222 e. The fraction of sp³-hybridized carbons (Fsp3) is 0.444. The van der Waals surface area contributed by atoms with E-state index in [1.807, 2.05) is 30.3 Å². The lowest BCUT2D eigenvalue weighted by atomic mass is 10.1. The van der Waals surface area contributed by atoms with Gasteiger partial charge in [0.1, 0.15) is 11.5 Å². The van der Waals surface area contributed by atoms with Crippen molar-refractivity contribution in [2.45, 2.75) is 39.8 Å². The van der Waals surface area contributed by atoms with E-state index in [0.29, 0.717) is 37.2 Å². The average Bonchev–Trinajstić information content (AvgIpc) is 3.11. The van der Waals surface area contributed by atoms with Crippen LogP contribution in [0, 0.1) is 17.6 Å². The zero-order valence-electron chi connectivity index (χ0n) is 20.9. The van der Waals surface area contributed by atoms with Crippen molar-refractivity contribution in [1.82, 2.24) is 14.7 Å². The van der Waals surface area contributed by atoms with Crippen molar-refractivity contribution in [3.8, 4) is 22.9 Å². The summed E-state index contributed by atoms with van der Waals surface area (Å²) >= 11 is 0. The van der Waals surface area contributed by atoms with Gasteiger partial charge in [0.2, 0.25) is 5.88 Å². The van der Waals surface area contributed by atoms with Gasteiger partial charge in [0.15, 0.2) is 11.6 Å². The quantitative estimate of drug-likeness (QED) is 0.350. The van der Waals surface area contributed by atoms with Gasteiger partial charge in [-0.25, -0.2) is 13.5 Å². The van der Waals surface area contributed by atoms with Crippen molar-refractivity contribution in [2.24, 2.45) is 13.0 Å². The molecule has 0 bridgehead atoms. The smallest absolute Gasteiger partial charge is 0.222 e. The minimum atomic E-state index is -0.790. The fourth-order valence-corrected chi connectivity index (χ4v) is 3.88. The molecule has 0 aliphatic rings. The Bertz CT molecular complexity index is 1070. The molecule has 1 N–H and O–H groups in total. The SMILES string of the molecule is CCCN(Cc1c(-c2ccccc2)nn(C)c1Oc1ccc(F)cc1F)C[C@@H](O)COCC(C)C. The fourth-order valence-electron chi connectivity index (χ4n) is 3.88. The molecule has 0 fully saturated rings. The molecule has 0 aliphatic carbocycles. The molecule has 0 saturated carbocycles. The standard InChI is InChI=1S/C27H35F2N3O3/c1-5-13-32(15-22(33)18-34-17-19(2)3)16-23-26(20-9-7-6-8-10-20)30-31(4)27(23)35-25-12-11-21(28)14-24(25)29/h6-12,14,19,22,33H,5,13,15-18H2,1-4H3/t22-/m1/s1. The highest BCUT2D eigenvalue weighted by Crippen LogP contribution is 2.35. The number of aliphatic hydroxyl groups is 1. The molecule has 35 heavy (non-hydrogen) atoms. The van der Waals surface area contributed by atoms with Crippen molar-refractivity contribution >= 4 is 0 Å². The van der Waals surface area contributed by atoms with Crippen molar-refractivity contribution < 1.29 is 23.4 Å². The summed E-state index contributed by atoms with van der Waals surface area (Å²) in [5, 5.41) is 15.3. The highest BCUT2D eigenvalue weighted by Gasteiger charge is 2.24. The van der Waals surface area contributed by atoms with Crippen LogP contribution in [0.3, 0.4) is 0 Å². The number of ether oxygens (including phenoxy) is 2. The first-order valence-corrected chi connectivity index (χ1v) is 12.0. The summed E-state index contributed by atoms with van der Waals surface area (Å²) in [4.78, 5) is 2.11. The first-order valence-electron chi connectivity index (χ1n) is 12.0. The predicted molar refractivity (Wildman–Crippen MR) is 132 cm³/mol. The number of rotatable bonds is 13. The van der Waals surface area contributed by atoms with Crippen LogP contribution in [0.2, 0.25) is 0 Å². The van der Waals surface area contributed by atoms with E-state index in [9.17, 15) is 13.9 Å². The Kier molecular flexibility index (Phi) is 9.77. The molecule has 2 aromatic carbocycles. The van der Waals surface area contributed by atoms with Gasteiger partial charge < -0.3 is 14.6 Å². The van der Waals surface area contributed by atoms with Gasteiger partial charge in [0.25, 0.3) is 0 Å². The summed E-state index contributed by atoms with van der Waals surface area (Å²) in [6, 6.07) is 12.9. The Morgan fingerprint density at radius 1 is 1.09 bits per heavy atom. The van der Waals surface area contributed by atoms with E-state index in [-0.39, 0.29) is 12.4 Å². The number of benzene rings is 2. The van der Waals surface area contributed by atoms with E-state index >= 15 is 0 Å². The number of aryl methyl sites for hydroxylation is 1. The number of aliphatic hydroxyl groups excluding tert-OH is 1. The van der Waals surface area contributed by atoms with Crippen LogP contribution in [-0.4, -0.2) is 52.2 Å². The summed E-state index contributed by atoms with van der Waals surface area (Å²) in [5.41, 5.74) is 2.35. The van der Waals surface area contributed by atoms with Crippen molar-refractivity contribution in [3.05, 3.63) is 65.7 Å². The third-order valence-electron chi connectivity index (χ3n) is 5.39. The van der Waals surface area contributed by atoms with Crippen LogP contribution in [0.25, 0.3) is 11.3 Å². The number of nitrogens with zero attached hydrogens (tertiary/aromatic N) is 3. The Hall–Kier alpha value is -2.81. The van der Waals surface area contributed by atoms with Crippen molar-refractivity contribution in [2.75, 3.05) is 26.3 Å². The third-order valence-corrected chi connectivity index (χ3v) is 5.39. The second-order valence-corrected chi connectivity index (χ2v) is 9.12. The molecule has 0 saturated heterocycles. The molecule has 0 aliphatic heterocycles. The maximum atomic E-state index is 14.4. The summed E-state index contributed by atoms with van der Waals surface area (Å²) in [6.45, 7) is 8.60. The largest absolute Gasteiger partial charge is 0.436 e. The van der Waals surface area contributed by atoms with Crippen molar-refractivity contribution in [1.29, 1.82) is 0 Å². The molecular formula is C27H35F2N3O3. The van der Waals surface area contributed by atoms with Crippen LogP contribution in [0.1, 0.15) is 32.8 Å². The van der Waals surface area contributed by atoms with Gasteiger partial charge >= 0.3 is 0 Å². The lowest BCUT2D eigenvalue weighted by Gasteiger charge is -2.25. The first-order chi connectivity index (χ1) is 16.8. The van der Waals surface area contributed by atoms with Gasteiger partial charge in [-0.05, 0) is 31.0 Å². The van der Waals surface area contributed by atoms with Gasteiger partial charge in [-0.15, -0.1) is 0 Å². The monoisotopic (exact) mass is 487 g/mol. The maximum absolute atomic E-state index is 14.4. The van der Waals surface area contributed by atoms with E-state index in [4.69, 9.17) is 9.47 Å². The topological polar surface area (TPSA) is 59.8 Å². The predicted octanol–water partition coefficient (Wildman–Crippen LogP) is 5.40. The van der Waals surface area contributed by atoms with Gasteiger partial charge in [-0.3, -0.25) is 4.90 Å². The van der Waals surface area contributed by atoms with E-state index in [0.717, 1.165) is 36.2 Å². The van der Waals surface area contributed by atoms with Gasteiger partial charge in [0.05, 0.1) is 18.3 Å². The molecular weight excluding hydrogens is 452 g/mol. The lowest BCUT2D eigenvalue weighted by Crippen LogP contribution is -2.35. The van der Waals surface area contributed by atoms with Crippen LogP contribution in [-0.2, 0) is 18.3 Å². The Morgan fingerprint density at radius 2 is 1.83 bits per heavy atom. The molecule has 0 spiro atoms. The molecule has 3 aromatic rings. The van der Waals surface area contributed by atoms with E-state index in [1.54, 1.807) is 11.7 Å². The van der Waals surface area contributed by atoms with Gasteiger partial charge in [-0.1, -0.05) is 51.1 Å². The molecule has 190 valence electrons. The van der Waals surface area contributed by atoms with Gasteiger partial charge in [-0.2, -0.15) is 5.10 Å². The number of hydrogen-bond donors (Lipinski definition) is 1. The summed E-state index contributed by atoms with van der Waals surface area (Å²) < 4.78 is 41.0. The van der Waals surface area contributed by atoms with E-state index in [1.165, 1.54) is 6.07 Å². The Labute approximate surface area is 206 Å². The highest BCUT2D eigenvalue weighted by molar-refractivity contribution is 5.65. The zero-order chi connectivity index (χ0) is 25.4. The normalized spacial score (nSPS) is 12.5. The van der Waals surface area contributed by atoms with Crippen LogP contribution in [0.15, 0.2) is 48.5 Å². The number of aromatic nitrogens is 2. The minimum Gasteiger partial charge on any atom is -0.436 e. The zero-order valence-corrected chi connectivity index (χ0v) is 20.9. The molecule has 6 nitrogen and oxygen atoms in total. The molecule has 1 heterocycles. The number of halogens is 2. The first kappa shape index (κ1) is 26.8. The summed E-state index contributed by atoms with van der Waals surface area (Å²) in [5.74, 6) is -0.792. The molecule has 0 unspecified atom stereocenters. The lowest BCUT2D eigenvalue weighted by molar-refractivity contribution is 0.00685. The Balaban J connectivity index is 1.92. The van der Waals surface area contributed by atoms with Gasteiger partial charge in [0, 0.05) is 38.4 Å². The molecule has 1 atom stereocenters. The van der Waals surface area contributed by atoms with E-state index in [2.05, 4.69) is 30.8 Å². The second kappa shape index (κ2) is 12.8. The van der Waals surface area contributed by atoms with Crippen LogP contribution in [0.4, 0.5) is 8.78 Å². The van der Waals surface area contributed by atoms with Crippen LogP contribution >= 0.6 is 0 Å². The Morgan fingerprint density at radius 3 is 2.49 bits per heavy atom. The molecule has 8 heteroatoms. The molecule has 0 amide bonds. The van der Waals surface area contributed by atoms with Crippen molar-refractivity contribution in [3.63, 3.8) is 0 Å². The van der Waals surface area contributed by atoms with Crippen LogP contribution < -0.4 is 4.74 Å². The third kappa shape index (κ3) is 7.59. The van der Waals surface area contributed by atoms with E-state index < -0.39 is 17.7 Å². The summed E-state index contributed by atoms with van der Waals surface area (Å²) in [6.07, 6.45) is 0.222. The summed E-state index contributed by atoms with van der Waals surface area (Å²) in [7, 11) is 1.73. The minimum absolute atomic E-state index is 0.0839. The highest BCUT2D eigenvalue weighted by atomic mass is 19.1. The number of hydrogen-bond acceptors (Lipinski definition) is 5. The molecule has 0 radical (unpaired) electrons. The average molecular weight is 488 g/mol. The van der Waals surface area contributed by atoms with Crippen LogP contribution in [0.5, 0.6) is 11.6 Å². The molecule has 3 rings (SSSR count).